The first-order valence-corrected chi connectivity index (χ1v) is 7.42. The molecular weight excluding hydrogens is 306 g/mol. The second kappa shape index (κ2) is 6.11. The van der Waals surface area contributed by atoms with Crippen LogP contribution in [0.4, 0.5) is 5.69 Å². The molecular formula is C17H17N5O2. The number of pyridine rings is 2. The number of aryl methyl sites for hydroxylation is 2. The second-order valence-electron chi connectivity index (χ2n) is 5.46. The molecule has 0 radical (unpaired) electrons. The van der Waals surface area contributed by atoms with Crippen molar-refractivity contribution in [2.24, 2.45) is 7.05 Å². The van der Waals surface area contributed by atoms with Crippen LogP contribution in [0.1, 0.15) is 21.9 Å². The molecule has 0 aliphatic carbocycles. The monoisotopic (exact) mass is 323 g/mol. The summed E-state index contributed by atoms with van der Waals surface area (Å²) in [6.45, 7) is 3.69. The summed E-state index contributed by atoms with van der Waals surface area (Å²) in [4.78, 5) is 32.9. The maximum absolute atomic E-state index is 12.3. The Balaban J connectivity index is 1.82. The maximum Gasteiger partial charge on any atom is 0.263 e. The van der Waals surface area contributed by atoms with Crippen molar-refractivity contribution in [1.29, 1.82) is 0 Å². The molecule has 3 aromatic rings. The van der Waals surface area contributed by atoms with Crippen LogP contribution >= 0.6 is 0 Å². The van der Waals surface area contributed by atoms with E-state index in [9.17, 15) is 9.59 Å². The molecule has 0 fully saturated rings. The number of hydrogen-bond acceptors (Lipinski definition) is 4. The number of imidazole rings is 1. The molecule has 0 aliphatic rings. The topological polar surface area (TPSA) is 81.8 Å². The largest absolute Gasteiger partial charge is 0.320 e. The predicted molar refractivity (Wildman–Crippen MR) is 90.5 cm³/mol. The molecule has 1 amide bonds. The molecule has 3 heterocycles. The smallest absolute Gasteiger partial charge is 0.263 e. The van der Waals surface area contributed by atoms with Crippen LogP contribution in [0.3, 0.4) is 0 Å². The molecule has 0 saturated carbocycles. The highest BCUT2D eigenvalue weighted by atomic mass is 16.2. The maximum atomic E-state index is 12.3. The van der Waals surface area contributed by atoms with Crippen LogP contribution in [0, 0.1) is 13.8 Å². The number of carbonyl (C=O) groups excluding carboxylic acids is 1. The number of aromatic nitrogens is 4. The molecule has 0 aromatic carbocycles. The number of hydrogen-bond donors (Lipinski definition) is 1. The summed E-state index contributed by atoms with van der Waals surface area (Å²) in [5.74, 6) is 1.07. The molecule has 7 nitrogen and oxygen atoms in total. The van der Waals surface area contributed by atoms with Gasteiger partial charge in [-0.25, -0.2) is 9.97 Å². The van der Waals surface area contributed by atoms with Crippen LogP contribution in [0.25, 0.3) is 5.82 Å². The van der Waals surface area contributed by atoms with E-state index in [0.717, 1.165) is 11.5 Å². The van der Waals surface area contributed by atoms with Crippen LogP contribution in [-0.2, 0) is 7.05 Å². The SMILES string of the molecule is Cc1nccn1-c1ccc(NC(=O)c2ccc(C)n(C)c2=O)cn1. The fraction of sp³-hybridized carbons (Fsp3) is 0.176. The molecule has 0 bridgehead atoms. The first-order valence-electron chi connectivity index (χ1n) is 7.42. The zero-order chi connectivity index (χ0) is 17.3. The van der Waals surface area contributed by atoms with E-state index in [4.69, 9.17) is 0 Å². The Morgan fingerprint density at radius 2 is 1.92 bits per heavy atom. The summed E-state index contributed by atoms with van der Waals surface area (Å²) < 4.78 is 3.28. The Labute approximate surface area is 138 Å². The number of nitrogens with zero attached hydrogens (tertiary/aromatic N) is 4. The molecule has 0 aliphatic heterocycles. The van der Waals surface area contributed by atoms with E-state index in [1.54, 1.807) is 37.6 Å². The van der Waals surface area contributed by atoms with E-state index in [-0.39, 0.29) is 11.1 Å². The van der Waals surface area contributed by atoms with Crippen molar-refractivity contribution in [2.45, 2.75) is 13.8 Å². The van der Waals surface area contributed by atoms with Gasteiger partial charge in [0, 0.05) is 25.1 Å². The lowest BCUT2D eigenvalue weighted by atomic mass is 10.2. The van der Waals surface area contributed by atoms with Crippen LogP contribution in [-0.4, -0.2) is 25.0 Å². The van der Waals surface area contributed by atoms with Gasteiger partial charge in [0.2, 0.25) is 0 Å². The molecule has 0 unspecified atom stereocenters. The summed E-state index contributed by atoms with van der Waals surface area (Å²) >= 11 is 0. The highest BCUT2D eigenvalue weighted by Crippen LogP contribution is 2.12. The van der Waals surface area contributed by atoms with Gasteiger partial charge in [-0.1, -0.05) is 0 Å². The van der Waals surface area contributed by atoms with Crippen molar-refractivity contribution < 1.29 is 4.79 Å². The van der Waals surface area contributed by atoms with Crippen LogP contribution in [0.15, 0.2) is 47.7 Å². The van der Waals surface area contributed by atoms with Crippen molar-refractivity contribution in [3.8, 4) is 5.82 Å². The first kappa shape index (κ1) is 15.7. The van der Waals surface area contributed by atoms with Gasteiger partial charge in [-0.05, 0) is 38.1 Å². The van der Waals surface area contributed by atoms with Crippen molar-refractivity contribution in [1.82, 2.24) is 19.1 Å². The third kappa shape index (κ3) is 2.83. The van der Waals surface area contributed by atoms with E-state index < -0.39 is 5.91 Å². The van der Waals surface area contributed by atoms with Gasteiger partial charge in [0.1, 0.15) is 17.2 Å². The summed E-state index contributed by atoms with van der Waals surface area (Å²) in [7, 11) is 1.64. The zero-order valence-electron chi connectivity index (χ0n) is 13.6. The average Bonchev–Trinajstić information content (AvgIpc) is 2.99. The van der Waals surface area contributed by atoms with Gasteiger partial charge in [-0.3, -0.25) is 14.2 Å². The van der Waals surface area contributed by atoms with Crippen LogP contribution in [0.2, 0.25) is 0 Å². The number of anilines is 1. The number of amides is 1. The zero-order valence-corrected chi connectivity index (χ0v) is 13.6. The van der Waals surface area contributed by atoms with E-state index >= 15 is 0 Å². The Kier molecular flexibility index (Phi) is 3.99. The fourth-order valence-corrected chi connectivity index (χ4v) is 2.32. The van der Waals surface area contributed by atoms with Gasteiger partial charge in [0.25, 0.3) is 11.5 Å². The van der Waals surface area contributed by atoms with Crippen LogP contribution in [0.5, 0.6) is 0 Å². The van der Waals surface area contributed by atoms with Gasteiger partial charge in [0.05, 0.1) is 11.9 Å². The molecule has 3 rings (SSSR count). The molecule has 0 spiro atoms. The molecule has 0 saturated heterocycles. The lowest BCUT2D eigenvalue weighted by molar-refractivity contribution is 0.102. The minimum absolute atomic E-state index is 0.0950. The molecule has 0 atom stereocenters. The lowest BCUT2D eigenvalue weighted by Crippen LogP contribution is -2.28. The Hall–Kier alpha value is -3.22. The summed E-state index contributed by atoms with van der Waals surface area (Å²) in [5.41, 5.74) is 1.08. The highest BCUT2D eigenvalue weighted by Gasteiger charge is 2.13. The van der Waals surface area contributed by atoms with Gasteiger partial charge >= 0.3 is 0 Å². The number of carbonyl (C=O) groups is 1. The van der Waals surface area contributed by atoms with E-state index in [0.29, 0.717) is 11.5 Å². The molecule has 3 aromatic heterocycles. The van der Waals surface area contributed by atoms with E-state index in [1.165, 1.54) is 10.6 Å². The minimum Gasteiger partial charge on any atom is -0.320 e. The van der Waals surface area contributed by atoms with Crippen molar-refractivity contribution in [2.75, 3.05) is 5.32 Å². The molecule has 7 heteroatoms. The van der Waals surface area contributed by atoms with Crippen molar-refractivity contribution in [3.63, 3.8) is 0 Å². The first-order chi connectivity index (χ1) is 11.5. The number of rotatable bonds is 3. The van der Waals surface area contributed by atoms with Gasteiger partial charge in [0.15, 0.2) is 0 Å². The Bertz CT molecular complexity index is 954. The fourth-order valence-electron chi connectivity index (χ4n) is 2.32. The van der Waals surface area contributed by atoms with Crippen molar-refractivity contribution >= 4 is 11.6 Å². The summed E-state index contributed by atoms with van der Waals surface area (Å²) in [5, 5.41) is 2.69. The quantitative estimate of drug-likeness (QED) is 0.797. The summed E-state index contributed by atoms with van der Waals surface area (Å²) in [6, 6.07) is 6.78. The molecule has 1 N–H and O–H groups in total. The van der Waals surface area contributed by atoms with Crippen molar-refractivity contribution in [3.05, 3.63) is 70.3 Å². The average molecular weight is 323 g/mol. The standard InChI is InChI=1S/C17H17N5O2/c1-11-4-6-14(17(24)21(11)3)16(23)20-13-5-7-15(19-10-13)22-9-8-18-12(22)2/h4-10H,1-3H3,(H,20,23). The molecule has 122 valence electrons. The van der Waals surface area contributed by atoms with Gasteiger partial charge in [-0.15, -0.1) is 0 Å². The van der Waals surface area contributed by atoms with E-state index in [2.05, 4.69) is 15.3 Å². The highest BCUT2D eigenvalue weighted by molar-refractivity contribution is 6.03. The third-order valence-corrected chi connectivity index (χ3v) is 3.88. The van der Waals surface area contributed by atoms with Gasteiger partial charge in [-0.2, -0.15) is 0 Å². The Morgan fingerprint density at radius 3 is 2.54 bits per heavy atom. The van der Waals surface area contributed by atoms with Gasteiger partial charge < -0.3 is 9.88 Å². The summed E-state index contributed by atoms with van der Waals surface area (Å²) in [6.07, 6.45) is 5.05. The van der Waals surface area contributed by atoms with E-state index in [1.807, 2.05) is 24.6 Å². The van der Waals surface area contributed by atoms with Crippen LogP contribution < -0.4 is 10.9 Å². The predicted octanol–water partition coefficient (Wildman–Crippen LogP) is 1.84. The Morgan fingerprint density at radius 1 is 1.12 bits per heavy atom. The number of nitrogens with one attached hydrogen (secondary N) is 1. The second-order valence-corrected chi connectivity index (χ2v) is 5.46. The third-order valence-electron chi connectivity index (χ3n) is 3.88. The molecule has 24 heavy (non-hydrogen) atoms. The normalized spacial score (nSPS) is 10.6. The minimum atomic E-state index is -0.455. The lowest BCUT2D eigenvalue weighted by Gasteiger charge is -2.09.